The van der Waals surface area contributed by atoms with E-state index in [1.54, 1.807) is 19.1 Å². The van der Waals surface area contributed by atoms with E-state index in [0.717, 1.165) is 49.7 Å². The van der Waals surface area contributed by atoms with Crippen LogP contribution in [0.4, 0.5) is 11.4 Å². The number of nitrogens with zero attached hydrogens (tertiary/aromatic N) is 2. The van der Waals surface area contributed by atoms with Crippen LogP contribution in [0, 0.1) is 23.0 Å². The monoisotopic (exact) mass is 478 g/mol. The van der Waals surface area contributed by atoms with Gasteiger partial charge in [-0.1, -0.05) is 55.7 Å². The minimum Gasteiger partial charge on any atom is -0.353 e. The maximum Gasteiger partial charge on any atom is 0.293 e. The number of anilines is 1. The van der Waals surface area contributed by atoms with Gasteiger partial charge in [-0.2, -0.15) is 0 Å². The van der Waals surface area contributed by atoms with Gasteiger partial charge in [0, 0.05) is 31.1 Å². The first kappa shape index (κ1) is 24.9. The molecule has 1 atom stereocenters. The number of likely N-dealkylation sites (tertiary alicyclic amines) is 1. The van der Waals surface area contributed by atoms with Crippen LogP contribution in [0.5, 0.6) is 0 Å². The van der Waals surface area contributed by atoms with Gasteiger partial charge in [-0.3, -0.25) is 24.6 Å². The number of carbonyl (C=O) groups excluding carboxylic acids is 2. The first-order valence-corrected chi connectivity index (χ1v) is 12.6. The van der Waals surface area contributed by atoms with Crippen molar-refractivity contribution in [2.45, 2.75) is 64.0 Å². The molecule has 1 aliphatic heterocycles. The van der Waals surface area contributed by atoms with Crippen LogP contribution >= 0.6 is 0 Å². The highest BCUT2D eigenvalue weighted by Gasteiger charge is 2.33. The molecule has 2 aromatic carbocycles. The summed E-state index contributed by atoms with van der Waals surface area (Å²) in [6.45, 7) is 3.08. The Morgan fingerprint density at radius 3 is 2.34 bits per heavy atom. The zero-order valence-corrected chi connectivity index (χ0v) is 20.2. The smallest absolute Gasteiger partial charge is 0.293 e. The Hall–Kier alpha value is -3.26. The van der Waals surface area contributed by atoms with E-state index in [2.05, 4.69) is 15.5 Å². The molecule has 0 spiro atoms. The summed E-state index contributed by atoms with van der Waals surface area (Å²) >= 11 is 0. The highest BCUT2D eigenvalue weighted by atomic mass is 16.6. The van der Waals surface area contributed by atoms with Gasteiger partial charge in [-0.25, -0.2) is 0 Å². The van der Waals surface area contributed by atoms with Crippen molar-refractivity contribution in [3.8, 4) is 0 Å². The molecular weight excluding hydrogens is 444 g/mol. The summed E-state index contributed by atoms with van der Waals surface area (Å²) in [6.07, 6.45) is 6.96. The Labute approximate surface area is 206 Å². The molecule has 1 saturated carbocycles. The average Bonchev–Trinajstić information content (AvgIpc) is 2.87. The number of hydrogen-bond donors (Lipinski definition) is 2. The molecule has 2 amide bonds. The SMILES string of the molecule is Cc1ccc(NC(=O)C(c2ccccc2)N2CCC(NC(=O)C3CCCCC3)CC2)c([N+](=O)[O-])c1. The second kappa shape index (κ2) is 11.4. The van der Waals surface area contributed by atoms with E-state index in [-0.39, 0.29) is 35.1 Å². The zero-order chi connectivity index (χ0) is 24.8. The molecule has 0 aromatic heterocycles. The number of rotatable bonds is 7. The molecule has 2 fully saturated rings. The van der Waals surface area contributed by atoms with Gasteiger partial charge < -0.3 is 10.6 Å². The molecule has 2 N–H and O–H groups in total. The Morgan fingerprint density at radius 1 is 1.00 bits per heavy atom. The Balaban J connectivity index is 1.45. The minimum atomic E-state index is -0.577. The standard InChI is InChI=1S/C27H34N4O4/c1-19-12-13-23(24(18-19)31(34)35)29-27(33)25(20-8-4-2-5-9-20)30-16-14-22(15-17-30)28-26(32)21-10-6-3-7-11-21/h2,4-5,8-9,12-13,18,21-22,25H,3,6-7,10-11,14-17H2,1H3,(H,28,32)(H,29,33). The number of carbonyl (C=O) groups is 2. The van der Waals surface area contributed by atoms with Crippen LogP contribution in [0.15, 0.2) is 48.5 Å². The van der Waals surface area contributed by atoms with E-state index in [4.69, 9.17) is 0 Å². The molecule has 8 heteroatoms. The minimum absolute atomic E-state index is 0.110. The molecule has 1 aliphatic carbocycles. The van der Waals surface area contributed by atoms with Crippen molar-refractivity contribution in [3.05, 3.63) is 69.8 Å². The van der Waals surface area contributed by atoms with Crippen LogP contribution in [0.1, 0.15) is 62.1 Å². The predicted molar refractivity (Wildman–Crippen MR) is 135 cm³/mol. The zero-order valence-electron chi connectivity index (χ0n) is 20.2. The van der Waals surface area contributed by atoms with Gasteiger partial charge in [-0.15, -0.1) is 0 Å². The average molecular weight is 479 g/mol. The molecule has 4 rings (SSSR count). The van der Waals surface area contributed by atoms with E-state index in [1.807, 2.05) is 30.3 Å². The highest BCUT2D eigenvalue weighted by molar-refractivity contribution is 5.97. The fourth-order valence-electron chi connectivity index (χ4n) is 5.25. The summed E-state index contributed by atoms with van der Waals surface area (Å²) in [5.74, 6) is 0.00921. The number of aryl methyl sites for hydroxylation is 1. The second-order valence-corrected chi connectivity index (χ2v) is 9.73. The van der Waals surface area contributed by atoms with Gasteiger partial charge in [0.15, 0.2) is 0 Å². The molecule has 0 bridgehead atoms. The molecule has 1 unspecified atom stereocenters. The third-order valence-corrected chi connectivity index (χ3v) is 7.19. The van der Waals surface area contributed by atoms with Crippen molar-refractivity contribution < 1.29 is 14.5 Å². The van der Waals surface area contributed by atoms with Crippen molar-refractivity contribution in [1.82, 2.24) is 10.2 Å². The van der Waals surface area contributed by atoms with Gasteiger partial charge in [0.1, 0.15) is 11.7 Å². The van der Waals surface area contributed by atoms with Gasteiger partial charge in [-0.05, 0) is 49.8 Å². The van der Waals surface area contributed by atoms with Crippen molar-refractivity contribution >= 4 is 23.2 Å². The van der Waals surface area contributed by atoms with Gasteiger partial charge >= 0.3 is 0 Å². The maximum absolute atomic E-state index is 13.5. The number of hydrogen-bond acceptors (Lipinski definition) is 5. The predicted octanol–water partition coefficient (Wildman–Crippen LogP) is 4.74. The summed E-state index contributed by atoms with van der Waals surface area (Å²) in [7, 11) is 0. The van der Waals surface area contributed by atoms with Crippen LogP contribution in [0.25, 0.3) is 0 Å². The summed E-state index contributed by atoms with van der Waals surface area (Å²) in [5, 5.41) is 17.6. The fourth-order valence-corrected chi connectivity index (χ4v) is 5.25. The number of nitrogens with one attached hydrogen (secondary N) is 2. The second-order valence-electron chi connectivity index (χ2n) is 9.73. The normalized spacial score (nSPS) is 18.5. The quantitative estimate of drug-likeness (QED) is 0.442. The van der Waals surface area contributed by atoms with Crippen LogP contribution in [-0.2, 0) is 9.59 Å². The summed E-state index contributed by atoms with van der Waals surface area (Å²) in [4.78, 5) is 39.4. The molecule has 1 saturated heterocycles. The van der Waals surface area contributed by atoms with Crippen LogP contribution < -0.4 is 10.6 Å². The molecule has 2 aromatic rings. The van der Waals surface area contributed by atoms with Crippen LogP contribution in [-0.4, -0.2) is 40.8 Å². The van der Waals surface area contributed by atoms with E-state index in [9.17, 15) is 19.7 Å². The van der Waals surface area contributed by atoms with Crippen LogP contribution in [0.2, 0.25) is 0 Å². The first-order chi connectivity index (χ1) is 16.9. The summed E-state index contributed by atoms with van der Waals surface area (Å²) in [6, 6.07) is 13.8. The first-order valence-electron chi connectivity index (χ1n) is 12.6. The van der Waals surface area contributed by atoms with Gasteiger partial charge in [0.2, 0.25) is 11.8 Å². The fraction of sp³-hybridized carbons (Fsp3) is 0.481. The van der Waals surface area contributed by atoms with Crippen molar-refractivity contribution in [1.29, 1.82) is 0 Å². The molecule has 8 nitrogen and oxygen atoms in total. The molecule has 0 radical (unpaired) electrons. The van der Waals surface area contributed by atoms with Crippen molar-refractivity contribution in [2.75, 3.05) is 18.4 Å². The van der Waals surface area contributed by atoms with Crippen molar-refractivity contribution in [3.63, 3.8) is 0 Å². The maximum atomic E-state index is 13.5. The lowest BCUT2D eigenvalue weighted by molar-refractivity contribution is -0.384. The number of nitro groups is 1. The Kier molecular flexibility index (Phi) is 8.13. The third-order valence-electron chi connectivity index (χ3n) is 7.19. The lowest BCUT2D eigenvalue weighted by atomic mass is 9.88. The molecule has 186 valence electrons. The van der Waals surface area contributed by atoms with Gasteiger partial charge in [0.05, 0.1) is 4.92 Å². The highest BCUT2D eigenvalue weighted by Crippen LogP contribution is 2.30. The number of benzene rings is 2. The molecule has 35 heavy (non-hydrogen) atoms. The van der Waals surface area contributed by atoms with E-state index in [1.165, 1.54) is 12.5 Å². The number of amides is 2. The van der Waals surface area contributed by atoms with Gasteiger partial charge in [0.25, 0.3) is 5.69 Å². The molecular formula is C27H34N4O4. The van der Waals surface area contributed by atoms with Crippen LogP contribution in [0.3, 0.4) is 0 Å². The molecule has 2 aliphatic rings. The topological polar surface area (TPSA) is 105 Å². The third kappa shape index (κ3) is 6.25. The van der Waals surface area contributed by atoms with Crippen molar-refractivity contribution in [2.24, 2.45) is 5.92 Å². The Bertz CT molecular complexity index is 1040. The Morgan fingerprint density at radius 2 is 1.69 bits per heavy atom. The van der Waals surface area contributed by atoms with E-state index < -0.39 is 11.0 Å². The summed E-state index contributed by atoms with van der Waals surface area (Å²) in [5.41, 5.74) is 1.67. The van der Waals surface area contributed by atoms with E-state index >= 15 is 0 Å². The number of nitro benzene ring substituents is 1. The lowest BCUT2D eigenvalue weighted by Gasteiger charge is -2.37. The number of piperidine rings is 1. The summed E-state index contributed by atoms with van der Waals surface area (Å²) < 4.78 is 0. The lowest BCUT2D eigenvalue weighted by Crippen LogP contribution is -2.49. The van der Waals surface area contributed by atoms with E-state index in [0.29, 0.717) is 13.1 Å². The largest absolute Gasteiger partial charge is 0.353 e. The molecule has 1 heterocycles.